The molecule has 1 aromatic carbocycles. The van der Waals surface area contributed by atoms with Crippen molar-refractivity contribution >= 4 is 18.3 Å². The first kappa shape index (κ1) is 19.1. The van der Waals surface area contributed by atoms with Crippen LogP contribution in [0.3, 0.4) is 0 Å². The largest absolute Gasteiger partial charge is 0.348 e. The molecule has 1 heterocycles. The highest BCUT2D eigenvalue weighted by Gasteiger charge is 2.23. The molecular formula is C15H19ClF2N4O. The van der Waals surface area contributed by atoms with E-state index in [4.69, 9.17) is 0 Å². The summed E-state index contributed by atoms with van der Waals surface area (Å²) in [4.78, 5) is 12.3. The summed E-state index contributed by atoms with van der Waals surface area (Å²) in [6.07, 6.45) is 3.31. The summed E-state index contributed by atoms with van der Waals surface area (Å²) in [5, 5.41) is 9.63. The van der Waals surface area contributed by atoms with Crippen LogP contribution >= 0.6 is 12.4 Å². The second kappa shape index (κ2) is 8.03. The van der Waals surface area contributed by atoms with Gasteiger partial charge in [-0.1, -0.05) is 6.07 Å². The highest BCUT2D eigenvalue weighted by atomic mass is 35.5. The number of aromatic nitrogens is 2. The molecule has 8 heteroatoms. The topological polar surface area (TPSA) is 59.0 Å². The SMILES string of the molecule is CNC(C(=O)N[C@H](C)c1ccc(F)cc1F)c1cnn(C)c1.Cl. The molecule has 0 spiro atoms. The number of hydrogen-bond donors (Lipinski definition) is 2. The van der Waals surface area contributed by atoms with Crippen LogP contribution in [-0.4, -0.2) is 22.7 Å². The molecule has 0 saturated heterocycles. The highest BCUT2D eigenvalue weighted by Crippen LogP contribution is 2.19. The molecule has 1 amide bonds. The number of benzene rings is 1. The van der Waals surface area contributed by atoms with Crippen LogP contribution in [-0.2, 0) is 11.8 Å². The maximum atomic E-state index is 13.7. The normalized spacial score (nSPS) is 13.1. The fourth-order valence-corrected chi connectivity index (χ4v) is 2.27. The van der Waals surface area contributed by atoms with Crippen molar-refractivity contribution in [2.45, 2.75) is 19.0 Å². The number of rotatable bonds is 5. The first-order chi connectivity index (χ1) is 10.4. The number of carbonyl (C=O) groups is 1. The number of nitrogens with zero attached hydrogens (tertiary/aromatic N) is 2. The van der Waals surface area contributed by atoms with Gasteiger partial charge in [-0.15, -0.1) is 12.4 Å². The Kier molecular flexibility index (Phi) is 6.65. The minimum atomic E-state index is -0.685. The smallest absolute Gasteiger partial charge is 0.242 e. The molecule has 0 saturated carbocycles. The Morgan fingerprint density at radius 1 is 1.35 bits per heavy atom. The van der Waals surface area contributed by atoms with Gasteiger partial charge < -0.3 is 10.6 Å². The minimum absolute atomic E-state index is 0. The van der Waals surface area contributed by atoms with Crippen LogP contribution in [0.15, 0.2) is 30.6 Å². The van der Waals surface area contributed by atoms with Crippen LogP contribution in [0.2, 0.25) is 0 Å². The van der Waals surface area contributed by atoms with Gasteiger partial charge in [0.05, 0.1) is 12.2 Å². The van der Waals surface area contributed by atoms with E-state index in [1.807, 2.05) is 0 Å². The molecule has 0 fully saturated rings. The molecule has 2 N–H and O–H groups in total. The molecule has 5 nitrogen and oxygen atoms in total. The van der Waals surface area contributed by atoms with Crippen molar-refractivity contribution in [3.05, 3.63) is 53.4 Å². The molecule has 1 aromatic heterocycles. The summed E-state index contributed by atoms with van der Waals surface area (Å²) in [5.74, 6) is -1.65. The van der Waals surface area contributed by atoms with Gasteiger partial charge in [0.15, 0.2) is 0 Å². The van der Waals surface area contributed by atoms with E-state index in [9.17, 15) is 13.6 Å². The zero-order chi connectivity index (χ0) is 16.3. The second-order valence-corrected chi connectivity index (χ2v) is 5.07. The quantitative estimate of drug-likeness (QED) is 0.874. The van der Waals surface area contributed by atoms with E-state index < -0.39 is 23.7 Å². The summed E-state index contributed by atoms with van der Waals surface area (Å²) in [6, 6.07) is 2.11. The lowest BCUT2D eigenvalue weighted by Gasteiger charge is -2.19. The molecule has 0 aliphatic heterocycles. The zero-order valence-electron chi connectivity index (χ0n) is 13.0. The summed E-state index contributed by atoms with van der Waals surface area (Å²) in [7, 11) is 3.41. The fourth-order valence-electron chi connectivity index (χ4n) is 2.27. The summed E-state index contributed by atoms with van der Waals surface area (Å²) >= 11 is 0. The Morgan fingerprint density at radius 2 is 2.04 bits per heavy atom. The predicted octanol–water partition coefficient (Wildman–Crippen LogP) is 2.26. The predicted molar refractivity (Wildman–Crippen MR) is 85.2 cm³/mol. The van der Waals surface area contributed by atoms with Crippen LogP contribution < -0.4 is 10.6 Å². The molecule has 23 heavy (non-hydrogen) atoms. The average molecular weight is 345 g/mol. The van der Waals surface area contributed by atoms with Gasteiger partial charge in [-0.25, -0.2) is 8.78 Å². The Labute approximate surface area is 139 Å². The lowest BCUT2D eigenvalue weighted by atomic mass is 10.1. The van der Waals surface area contributed by atoms with E-state index in [0.29, 0.717) is 5.56 Å². The number of aryl methyl sites for hydroxylation is 1. The second-order valence-electron chi connectivity index (χ2n) is 5.07. The minimum Gasteiger partial charge on any atom is -0.348 e. The van der Waals surface area contributed by atoms with Gasteiger partial charge in [0.1, 0.15) is 17.7 Å². The molecule has 126 valence electrons. The van der Waals surface area contributed by atoms with Gasteiger partial charge >= 0.3 is 0 Å². The van der Waals surface area contributed by atoms with E-state index in [0.717, 1.165) is 12.1 Å². The van der Waals surface area contributed by atoms with Crippen molar-refractivity contribution in [1.29, 1.82) is 0 Å². The van der Waals surface area contributed by atoms with E-state index in [1.54, 1.807) is 38.1 Å². The molecule has 0 radical (unpaired) electrons. The van der Waals surface area contributed by atoms with E-state index >= 15 is 0 Å². The fraction of sp³-hybridized carbons (Fsp3) is 0.333. The number of hydrogen-bond acceptors (Lipinski definition) is 3. The summed E-state index contributed by atoms with van der Waals surface area (Å²) in [5.41, 5.74) is 0.935. The Morgan fingerprint density at radius 3 is 2.57 bits per heavy atom. The number of halogens is 3. The molecule has 1 unspecified atom stereocenters. The number of nitrogens with one attached hydrogen (secondary N) is 2. The van der Waals surface area contributed by atoms with Crippen molar-refractivity contribution in [1.82, 2.24) is 20.4 Å². The molecular weight excluding hydrogens is 326 g/mol. The van der Waals surface area contributed by atoms with Crippen molar-refractivity contribution in [3.8, 4) is 0 Å². The first-order valence-corrected chi connectivity index (χ1v) is 6.83. The van der Waals surface area contributed by atoms with Gasteiger partial charge in [0, 0.05) is 30.4 Å². The third-order valence-electron chi connectivity index (χ3n) is 3.40. The zero-order valence-corrected chi connectivity index (χ0v) is 13.8. The van der Waals surface area contributed by atoms with Crippen LogP contribution in [0.5, 0.6) is 0 Å². The maximum absolute atomic E-state index is 13.7. The van der Waals surface area contributed by atoms with Crippen molar-refractivity contribution in [3.63, 3.8) is 0 Å². The van der Waals surface area contributed by atoms with E-state index in [2.05, 4.69) is 15.7 Å². The third kappa shape index (κ3) is 4.49. The van der Waals surface area contributed by atoms with Gasteiger partial charge in [0.25, 0.3) is 0 Å². The van der Waals surface area contributed by atoms with E-state index in [1.165, 1.54) is 6.07 Å². The van der Waals surface area contributed by atoms with Gasteiger partial charge in [-0.05, 0) is 20.0 Å². The molecule has 0 aliphatic carbocycles. The van der Waals surface area contributed by atoms with Crippen LogP contribution in [0.25, 0.3) is 0 Å². The lowest BCUT2D eigenvalue weighted by molar-refractivity contribution is -0.123. The molecule has 2 atom stereocenters. The number of likely N-dealkylation sites (N-methyl/N-ethyl adjacent to an activating group) is 1. The Bertz CT molecular complexity index is 677. The van der Waals surface area contributed by atoms with E-state index in [-0.39, 0.29) is 23.9 Å². The lowest BCUT2D eigenvalue weighted by Crippen LogP contribution is -2.37. The van der Waals surface area contributed by atoms with Crippen molar-refractivity contribution < 1.29 is 13.6 Å². The summed E-state index contributed by atoms with van der Waals surface area (Å²) in [6.45, 7) is 1.64. The van der Waals surface area contributed by atoms with Gasteiger partial charge in [-0.3, -0.25) is 9.48 Å². The standard InChI is InChI=1S/C15H18F2N4O.ClH/c1-9(12-5-4-11(16)6-13(12)17)20-15(22)14(18-2)10-7-19-21(3)8-10;/h4-9,14,18H,1-3H3,(H,20,22);1H/t9-,14?;/m1./s1. The first-order valence-electron chi connectivity index (χ1n) is 6.83. The van der Waals surface area contributed by atoms with Crippen LogP contribution in [0.4, 0.5) is 8.78 Å². The van der Waals surface area contributed by atoms with Crippen LogP contribution in [0, 0.1) is 11.6 Å². The molecule has 2 rings (SSSR count). The number of amides is 1. The summed E-state index contributed by atoms with van der Waals surface area (Å²) < 4.78 is 28.3. The van der Waals surface area contributed by atoms with Crippen molar-refractivity contribution in [2.24, 2.45) is 7.05 Å². The molecule has 0 bridgehead atoms. The maximum Gasteiger partial charge on any atom is 0.242 e. The van der Waals surface area contributed by atoms with Gasteiger partial charge in [-0.2, -0.15) is 5.10 Å². The van der Waals surface area contributed by atoms with Gasteiger partial charge in [0.2, 0.25) is 5.91 Å². The Balaban J connectivity index is 0.00000264. The average Bonchev–Trinajstić information content (AvgIpc) is 2.85. The van der Waals surface area contributed by atoms with Crippen LogP contribution in [0.1, 0.15) is 30.1 Å². The Hall–Kier alpha value is -1.99. The molecule has 2 aromatic rings. The number of carbonyl (C=O) groups excluding carboxylic acids is 1. The highest BCUT2D eigenvalue weighted by molar-refractivity contribution is 5.85. The molecule has 0 aliphatic rings. The van der Waals surface area contributed by atoms with Crippen molar-refractivity contribution in [2.75, 3.05) is 7.05 Å². The monoisotopic (exact) mass is 344 g/mol. The third-order valence-corrected chi connectivity index (χ3v) is 3.40.